The minimum absolute atomic E-state index is 0.0284. The van der Waals surface area contributed by atoms with Gasteiger partial charge in [-0.05, 0) is 24.8 Å². The molecule has 0 saturated heterocycles. The van der Waals surface area contributed by atoms with Crippen molar-refractivity contribution in [3.8, 4) is 0 Å². The van der Waals surface area contributed by atoms with Crippen LogP contribution in [0, 0.1) is 5.92 Å². The maximum absolute atomic E-state index is 11.5. The van der Waals surface area contributed by atoms with Crippen molar-refractivity contribution in [2.24, 2.45) is 5.92 Å². The highest BCUT2D eigenvalue weighted by Crippen LogP contribution is 2.41. The van der Waals surface area contributed by atoms with Gasteiger partial charge < -0.3 is 9.84 Å². The number of hydrogen-bond donors (Lipinski definition) is 1. The number of rotatable bonds is 5. The lowest BCUT2D eigenvalue weighted by atomic mass is 9.74. The zero-order chi connectivity index (χ0) is 13.0. The molecule has 1 aliphatic rings. The van der Waals surface area contributed by atoms with Gasteiger partial charge in [-0.15, -0.1) is 0 Å². The Morgan fingerprint density at radius 3 is 2.72 bits per heavy atom. The highest BCUT2D eigenvalue weighted by Gasteiger charge is 2.48. The van der Waals surface area contributed by atoms with E-state index in [1.807, 2.05) is 37.3 Å². The van der Waals surface area contributed by atoms with Crippen molar-refractivity contribution in [1.29, 1.82) is 0 Å². The molecule has 1 aromatic rings. The Balaban J connectivity index is 1.92. The first kappa shape index (κ1) is 13.1. The van der Waals surface area contributed by atoms with Gasteiger partial charge in [0.2, 0.25) is 5.79 Å². The van der Waals surface area contributed by atoms with Gasteiger partial charge >= 0.3 is 5.97 Å². The second-order valence-electron chi connectivity index (χ2n) is 4.99. The summed E-state index contributed by atoms with van der Waals surface area (Å²) in [5, 5.41) is 10.3. The third-order valence-corrected chi connectivity index (χ3v) is 3.56. The van der Waals surface area contributed by atoms with E-state index in [9.17, 15) is 9.90 Å². The molecule has 0 heterocycles. The molecule has 3 heteroatoms. The van der Waals surface area contributed by atoms with Gasteiger partial charge in [0.1, 0.15) is 0 Å². The van der Waals surface area contributed by atoms with Crippen LogP contribution in [0.15, 0.2) is 30.3 Å². The summed E-state index contributed by atoms with van der Waals surface area (Å²) in [7, 11) is 0. The maximum Gasteiger partial charge on any atom is 0.308 e. The lowest BCUT2D eigenvalue weighted by Gasteiger charge is -2.44. The lowest BCUT2D eigenvalue weighted by Crippen LogP contribution is -2.51. The van der Waals surface area contributed by atoms with Crippen LogP contribution in [0.4, 0.5) is 0 Å². The van der Waals surface area contributed by atoms with Gasteiger partial charge in [0, 0.05) is 18.8 Å². The van der Waals surface area contributed by atoms with Crippen LogP contribution >= 0.6 is 0 Å². The van der Waals surface area contributed by atoms with E-state index in [-0.39, 0.29) is 11.9 Å². The van der Waals surface area contributed by atoms with Gasteiger partial charge in [-0.25, -0.2) is 0 Å². The van der Waals surface area contributed by atoms with Crippen LogP contribution in [0.2, 0.25) is 0 Å². The molecular weight excluding hydrogens is 228 g/mol. The third kappa shape index (κ3) is 2.91. The van der Waals surface area contributed by atoms with Crippen molar-refractivity contribution in [3.05, 3.63) is 35.9 Å². The molecule has 1 fully saturated rings. The van der Waals surface area contributed by atoms with Crippen LogP contribution in [0.1, 0.15) is 38.2 Å². The van der Waals surface area contributed by atoms with Crippen molar-refractivity contribution in [1.82, 2.24) is 0 Å². The predicted molar refractivity (Wildman–Crippen MR) is 68.8 cm³/mol. The standard InChI is InChI=1S/C15H20O3/c1-2-6-14(16)18-15(17)10-9-13(15)11-12-7-4-3-5-8-12/h3-5,7-8,13,17H,2,6,9-11H2,1H3/t13-,15?/m0/s1. The summed E-state index contributed by atoms with van der Waals surface area (Å²) in [6.45, 7) is 1.92. The van der Waals surface area contributed by atoms with Crippen molar-refractivity contribution in [2.75, 3.05) is 0 Å². The minimum Gasteiger partial charge on any atom is -0.433 e. The normalized spacial score (nSPS) is 26.4. The Hall–Kier alpha value is -1.35. The quantitative estimate of drug-likeness (QED) is 0.643. The zero-order valence-corrected chi connectivity index (χ0v) is 10.8. The van der Waals surface area contributed by atoms with E-state index >= 15 is 0 Å². The summed E-state index contributed by atoms with van der Waals surface area (Å²) in [4.78, 5) is 11.5. The Kier molecular flexibility index (Phi) is 4.02. The van der Waals surface area contributed by atoms with Gasteiger partial charge in [-0.1, -0.05) is 37.3 Å². The van der Waals surface area contributed by atoms with E-state index in [4.69, 9.17) is 4.74 Å². The molecule has 0 bridgehead atoms. The fraction of sp³-hybridized carbons (Fsp3) is 0.533. The first-order chi connectivity index (χ1) is 8.64. The molecule has 0 aromatic heterocycles. The second-order valence-corrected chi connectivity index (χ2v) is 4.99. The monoisotopic (exact) mass is 248 g/mol. The number of hydrogen-bond acceptors (Lipinski definition) is 3. The van der Waals surface area contributed by atoms with Crippen LogP contribution in [-0.4, -0.2) is 16.9 Å². The molecule has 0 spiro atoms. The number of carbonyl (C=O) groups is 1. The molecule has 0 radical (unpaired) electrons. The van der Waals surface area contributed by atoms with Crippen molar-refractivity contribution < 1.29 is 14.6 Å². The van der Waals surface area contributed by atoms with Crippen molar-refractivity contribution in [2.45, 2.75) is 44.8 Å². The predicted octanol–water partition coefficient (Wildman–Crippen LogP) is 2.67. The van der Waals surface area contributed by atoms with Crippen LogP contribution in [0.5, 0.6) is 0 Å². The molecule has 1 aliphatic carbocycles. The van der Waals surface area contributed by atoms with Crippen LogP contribution in [0.3, 0.4) is 0 Å². The van der Waals surface area contributed by atoms with Crippen molar-refractivity contribution >= 4 is 5.97 Å². The molecule has 1 aromatic carbocycles. The molecule has 3 nitrogen and oxygen atoms in total. The molecule has 1 saturated carbocycles. The van der Waals surface area contributed by atoms with Gasteiger partial charge in [0.15, 0.2) is 0 Å². The van der Waals surface area contributed by atoms with Crippen molar-refractivity contribution in [3.63, 3.8) is 0 Å². The Labute approximate surface area is 108 Å². The SMILES string of the molecule is CCCC(=O)OC1(O)CC[C@H]1Cc1ccccc1. The average molecular weight is 248 g/mol. The molecule has 1 unspecified atom stereocenters. The number of aliphatic hydroxyl groups is 1. The minimum atomic E-state index is -1.23. The van der Waals surface area contributed by atoms with E-state index in [0.29, 0.717) is 12.8 Å². The fourth-order valence-electron chi connectivity index (χ4n) is 2.34. The van der Waals surface area contributed by atoms with Crippen LogP contribution in [0.25, 0.3) is 0 Å². The summed E-state index contributed by atoms with van der Waals surface area (Å²) >= 11 is 0. The molecule has 0 amide bonds. The highest BCUT2D eigenvalue weighted by molar-refractivity contribution is 5.69. The van der Waals surface area contributed by atoms with E-state index in [2.05, 4.69) is 0 Å². The molecule has 18 heavy (non-hydrogen) atoms. The van der Waals surface area contributed by atoms with Gasteiger partial charge in [-0.2, -0.15) is 0 Å². The third-order valence-electron chi connectivity index (χ3n) is 3.56. The van der Waals surface area contributed by atoms with E-state index in [0.717, 1.165) is 19.3 Å². The average Bonchev–Trinajstić information content (AvgIpc) is 2.36. The topological polar surface area (TPSA) is 46.5 Å². The summed E-state index contributed by atoms with van der Waals surface area (Å²) in [5.41, 5.74) is 1.17. The largest absolute Gasteiger partial charge is 0.433 e. The Bertz CT molecular complexity index is 401. The maximum atomic E-state index is 11.5. The summed E-state index contributed by atoms with van der Waals surface area (Å²) < 4.78 is 5.22. The van der Waals surface area contributed by atoms with E-state index < -0.39 is 5.79 Å². The zero-order valence-electron chi connectivity index (χ0n) is 10.8. The first-order valence-electron chi connectivity index (χ1n) is 6.62. The smallest absolute Gasteiger partial charge is 0.308 e. The summed E-state index contributed by atoms with van der Waals surface area (Å²) in [6.07, 6.45) is 3.35. The van der Waals surface area contributed by atoms with Gasteiger partial charge in [0.25, 0.3) is 0 Å². The molecular formula is C15H20O3. The van der Waals surface area contributed by atoms with Crippen LogP contribution in [-0.2, 0) is 16.0 Å². The molecule has 98 valence electrons. The number of esters is 1. The Morgan fingerprint density at radius 2 is 2.17 bits per heavy atom. The molecule has 2 atom stereocenters. The first-order valence-corrected chi connectivity index (χ1v) is 6.62. The summed E-state index contributed by atoms with van der Waals surface area (Å²) in [5.74, 6) is -1.50. The van der Waals surface area contributed by atoms with Gasteiger partial charge in [0.05, 0.1) is 0 Å². The highest BCUT2D eigenvalue weighted by atomic mass is 16.7. The number of benzene rings is 1. The summed E-state index contributed by atoms with van der Waals surface area (Å²) in [6, 6.07) is 10.0. The van der Waals surface area contributed by atoms with Gasteiger partial charge in [-0.3, -0.25) is 4.79 Å². The number of carbonyl (C=O) groups excluding carboxylic acids is 1. The van der Waals surface area contributed by atoms with E-state index in [1.54, 1.807) is 0 Å². The Morgan fingerprint density at radius 1 is 1.44 bits per heavy atom. The molecule has 2 rings (SSSR count). The molecule has 1 N–H and O–H groups in total. The molecule has 0 aliphatic heterocycles. The van der Waals surface area contributed by atoms with E-state index in [1.165, 1.54) is 5.56 Å². The van der Waals surface area contributed by atoms with Crippen LogP contribution < -0.4 is 0 Å². The second kappa shape index (κ2) is 5.53. The fourth-order valence-corrected chi connectivity index (χ4v) is 2.34. The lowest BCUT2D eigenvalue weighted by molar-refractivity contribution is -0.270. The number of ether oxygens (including phenoxy) is 1.